The summed E-state index contributed by atoms with van der Waals surface area (Å²) in [5.74, 6) is 1.26. The van der Waals surface area contributed by atoms with Gasteiger partial charge in [0.05, 0.1) is 5.56 Å². The molecule has 1 aliphatic rings. The molecule has 0 aliphatic carbocycles. The van der Waals surface area contributed by atoms with E-state index in [1.54, 1.807) is 0 Å². The third-order valence-electron chi connectivity index (χ3n) is 5.14. The van der Waals surface area contributed by atoms with Crippen LogP contribution in [0.3, 0.4) is 0 Å². The van der Waals surface area contributed by atoms with Crippen molar-refractivity contribution in [3.05, 3.63) is 64.1 Å². The third-order valence-corrected chi connectivity index (χ3v) is 5.91. The van der Waals surface area contributed by atoms with Crippen LogP contribution in [-0.4, -0.2) is 48.9 Å². The van der Waals surface area contributed by atoms with Crippen molar-refractivity contribution in [3.63, 3.8) is 0 Å². The summed E-state index contributed by atoms with van der Waals surface area (Å²) in [6, 6.07) is 15.5. The summed E-state index contributed by atoms with van der Waals surface area (Å²) < 4.78 is 7.02. The summed E-state index contributed by atoms with van der Waals surface area (Å²) in [6.45, 7) is 6.31. The van der Waals surface area contributed by atoms with Crippen molar-refractivity contribution in [3.8, 4) is 5.75 Å². The number of rotatable bonds is 7. The standard InChI is InChI=1S/C22H27BrN2O2/c1-3-24(2)14-17-12-13-25(15-17)22(26)19-9-5-7-11-21(19)27-16-18-8-4-6-10-20(18)23/h4-11,17H,3,12-16H2,1-2H3/t17-/m0/s1. The maximum absolute atomic E-state index is 13.1. The van der Waals surface area contributed by atoms with E-state index in [0.29, 0.717) is 23.8 Å². The van der Waals surface area contributed by atoms with E-state index >= 15 is 0 Å². The van der Waals surface area contributed by atoms with Crippen molar-refractivity contribution in [1.82, 2.24) is 9.80 Å². The highest BCUT2D eigenvalue weighted by Gasteiger charge is 2.28. The summed E-state index contributed by atoms with van der Waals surface area (Å²) in [7, 11) is 2.13. The molecule has 1 fully saturated rings. The van der Waals surface area contributed by atoms with Crippen LogP contribution in [0.25, 0.3) is 0 Å². The van der Waals surface area contributed by atoms with Gasteiger partial charge in [0, 0.05) is 29.7 Å². The Morgan fingerprint density at radius 1 is 1.22 bits per heavy atom. The molecule has 1 aliphatic heterocycles. The molecule has 0 spiro atoms. The van der Waals surface area contributed by atoms with Crippen molar-refractivity contribution in [1.29, 1.82) is 0 Å². The SMILES string of the molecule is CCN(C)C[C@@H]1CCN(C(=O)c2ccccc2OCc2ccccc2Br)C1. The second-order valence-electron chi connectivity index (χ2n) is 7.14. The number of hydrogen-bond acceptors (Lipinski definition) is 3. The first-order valence-corrected chi connectivity index (χ1v) is 10.3. The lowest BCUT2D eigenvalue weighted by atomic mass is 10.1. The lowest BCUT2D eigenvalue weighted by Gasteiger charge is -2.21. The largest absolute Gasteiger partial charge is 0.488 e. The molecule has 0 unspecified atom stereocenters. The molecular weight excluding hydrogens is 404 g/mol. The number of ether oxygens (including phenoxy) is 1. The fourth-order valence-electron chi connectivity index (χ4n) is 3.45. The number of halogens is 1. The molecule has 0 saturated carbocycles. The minimum absolute atomic E-state index is 0.0689. The number of benzene rings is 2. The summed E-state index contributed by atoms with van der Waals surface area (Å²) in [6.07, 6.45) is 1.07. The van der Waals surface area contributed by atoms with Gasteiger partial charge < -0.3 is 14.5 Å². The van der Waals surface area contributed by atoms with Crippen LogP contribution < -0.4 is 4.74 Å². The summed E-state index contributed by atoms with van der Waals surface area (Å²) in [5, 5.41) is 0. The Morgan fingerprint density at radius 2 is 1.96 bits per heavy atom. The number of likely N-dealkylation sites (tertiary alicyclic amines) is 1. The van der Waals surface area contributed by atoms with Gasteiger partial charge in [0.1, 0.15) is 12.4 Å². The lowest BCUT2D eigenvalue weighted by molar-refractivity contribution is 0.0779. The van der Waals surface area contributed by atoms with E-state index in [9.17, 15) is 4.79 Å². The maximum Gasteiger partial charge on any atom is 0.257 e. The van der Waals surface area contributed by atoms with E-state index in [0.717, 1.165) is 42.6 Å². The Balaban J connectivity index is 1.67. The fraction of sp³-hybridized carbons (Fsp3) is 0.409. The van der Waals surface area contributed by atoms with E-state index in [1.807, 2.05) is 53.4 Å². The molecule has 5 heteroatoms. The van der Waals surface area contributed by atoms with Gasteiger partial charge in [-0.05, 0) is 44.1 Å². The zero-order valence-electron chi connectivity index (χ0n) is 16.0. The highest BCUT2D eigenvalue weighted by atomic mass is 79.9. The molecular formula is C22H27BrN2O2. The normalized spacial score (nSPS) is 16.7. The Hall–Kier alpha value is -1.85. The zero-order chi connectivity index (χ0) is 19.2. The van der Waals surface area contributed by atoms with Gasteiger partial charge in [-0.25, -0.2) is 0 Å². The number of nitrogens with zero attached hydrogens (tertiary/aromatic N) is 2. The van der Waals surface area contributed by atoms with Crippen LogP contribution in [0.5, 0.6) is 5.75 Å². The number of carbonyl (C=O) groups excluding carboxylic acids is 1. The molecule has 144 valence electrons. The van der Waals surface area contributed by atoms with Gasteiger partial charge in [0.25, 0.3) is 5.91 Å². The third kappa shape index (κ3) is 5.11. The van der Waals surface area contributed by atoms with Gasteiger partial charge in [-0.3, -0.25) is 4.79 Å². The van der Waals surface area contributed by atoms with Crippen LogP contribution in [-0.2, 0) is 6.61 Å². The molecule has 1 amide bonds. The Morgan fingerprint density at radius 3 is 2.74 bits per heavy atom. The van der Waals surface area contributed by atoms with Gasteiger partial charge >= 0.3 is 0 Å². The smallest absolute Gasteiger partial charge is 0.257 e. The Bertz CT molecular complexity index is 780. The minimum Gasteiger partial charge on any atom is -0.488 e. The molecule has 3 rings (SSSR count). The van der Waals surface area contributed by atoms with E-state index in [1.165, 1.54) is 0 Å². The summed E-state index contributed by atoms with van der Waals surface area (Å²) in [5.41, 5.74) is 1.71. The first-order chi connectivity index (χ1) is 13.1. The zero-order valence-corrected chi connectivity index (χ0v) is 17.6. The van der Waals surface area contributed by atoms with E-state index < -0.39 is 0 Å². The molecule has 0 aromatic heterocycles. The number of hydrogen-bond donors (Lipinski definition) is 0. The molecule has 0 radical (unpaired) electrons. The highest BCUT2D eigenvalue weighted by molar-refractivity contribution is 9.10. The predicted octanol–water partition coefficient (Wildman–Crippen LogP) is 4.44. The molecule has 2 aromatic carbocycles. The van der Waals surface area contributed by atoms with Gasteiger partial charge in [-0.2, -0.15) is 0 Å². The van der Waals surface area contributed by atoms with Gasteiger partial charge in [-0.15, -0.1) is 0 Å². The number of amides is 1. The van der Waals surface area contributed by atoms with E-state index in [2.05, 4.69) is 34.8 Å². The van der Waals surface area contributed by atoms with Crippen LogP contribution in [0.1, 0.15) is 29.3 Å². The molecule has 1 atom stereocenters. The van der Waals surface area contributed by atoms with Crippen molar-refractivity contribution < 1.29 is 9.53 Å². The summed E-state index contributed by atoms with van der Waals surface area (Å²) >= 11 is 3.54. The van der Waals surface area contributed by atoms with E-state index in [4.69, 9.17) is 4.74 Å². The van der Waals surface area contributed by atoms with Crippen molar-refractivity contribution >= 4 is 21.8 Å². The van der Waals surface area contributed by atoms with Crippen LogP contribution in [0.2, 0.25) is 0 Å². The van der Waals surface area contributed by atoms with E-state index in [-0.39, 0.29) is 5.91 Å². The first kappa shape index (κ1) is 19.9. The molecule has 27 heavy (non-hydrogen) atoms. The molecule has 4 nitrogen and oxygen atoms in total. The first-order valence-electron chi connectivity index (χ1n) is 9.51. The molecule has 2 aromatic rings. The fourth-order valence-corrected chi connectivity index (χ4v) is 3.85. The predicted molar refractivity (Wildman–Crippen MR) is 112 cm³/mol. The topological polar surface area (TPSA) is 32.8 Å². The van der Waals surface area contributed by atoms with Crippen LogP contribution in [0.15, 0.2) is 53.0 Å². The molecule has 1 heterocycles. The van der Waals surface area contributed by atoms with Gasteiger partial charge in [0.15, 0.2) is 0 Å². The molecule has 0 bridgehead atoms. The average Bonchev–Trinajstić information content (AvgIpc) is 3.15. The Kier molecular flexibility index (Phi) is 6.91. The Labute approximate surface area is 170 Å². The quantitative estimate of drug-likeness (QED) is 0.650. The van der Waals surface area contributed by atoms with Crippen LogP contribution in [0, 0.1) is 5.92 Å². The van der Waals surface area contributed by atoms with Crippen LogP contribution >= 0.6 is 15.9 Å². The number of para-hydroxylation sites is 1. The van der Waals surface area contributed by atoms with Crippen molar-refractivity contribution in [2.75, 3.05) is 33.2 Å². The second-order valence-corrected chi connectivity index (χ2v) is 7.99. The number of carbonyl (C=O) groups is 1. The highest BCUT2D eigenvalue weighted by Crippen LogP contribution is 2.26. The second kappa shape index (κ2) is 9.38. The minimum atomic E-state index is 0.0689. The molecule has 0 N–H and O–H groups in total. The average molecular weight is 431 g/mol. The van der Waals surface area contributed by atoms with Crippen LogP contribution in [0.4, 0.5) is 0 Å². The monoisotopic (exact) mass is 430 g/mol. The summed E-state index contributed by atoms with van der Waals surface area (Å²) in [4.78, 5) is 17.3. The maximum atomic E-state index is 13.1. The van der Waals surface area contributed by atoms with Gasteiger partial charge in [0.2, 0.25) is 0 Å². The van der Waals surface area contributed by atoms with Gasteiger partial charge in [-0.1, -0.05) is 53.2 Å². The molecule has 1 saturated heterocycles. The van der Waals surface area contributed by atoms with Crippen molar-refractivity contribution in [2.45, 2.75) is 20.0 Å². The van der Waals surface area contributed by atoms with Crippen molar-refractivity contribution in [2.24, 2.45) is 5.92 Å². The lowest BCUT2D eigenvalue weighted by Crippen LogP contribution is -2.31.